The second-order valence-corrected chi connectivity index (χ2v) is 8.64. The Morgan fingerprint density at radius 2 is 0.585 bits per heavy atom. The smallest absolute Gasteiger partial charge is 0 e. The summed E-state index contributed by atoms with van der Waals surface area (Å²) in [4.78, 5) is 0. The molecule has 0 atom stereocenters. The predicted molar refractivity (Wildman–Crippen MR) is 171 cm³/mol. The van der Waals surface area contributed by atoms with Gasteiger partial charge in [0.05, 0.1) is 0 Å². The van der Waals surface area contributed by atoms with Gasteiger partial charge in [-0.15, -0.1) is 13.1 Å². The Bertz CT molecular complexity index is 618. The van der Waals surface area contributed by atoms with E-state index in [2.05, 4.69) is 45.5 Å². The Kier molecular flexibility index (Phi) is 33.2. The zero-order valence-electron chi connectivity index (χ0n) is 24.5. The molecule has 0 bridgehead atoms. The van der Waals surface area contributed by atoms with E-state index in [1.807, 2.05) is 121 Å². The van der Waals surface area contributed by atoms with Gasteiger partial charge in [-0.25, -0.2) is 0 Å². The Labute approximate surface area is 265 Å². The fourth-order valence-corrected chi connectivity index (χ4v) is 3.16. The molecule has 5 heteroatoms. The third-order valence-electron chi connectivity index (χ3n) is 5.18. The Morgan fingerprint density at radius 1 is 0.341 bits per heavy atom. The van der Waals surface area contributed by atoms with E-state index in [1.54, 1.807) is 0 Å². The number of hydrogen-bond donors (Lipinski definition) is 3. The van der Waals surface area contributed by atoms with Crippen LogP contribution >= 0.6 is 0 Å². The van der Waals surface area contributed by atoms with Gasteiger partial charge in [0.15, 0.2) is 0 Å². The number of nitrogens with one attached hydrogen (secondary N) is 3. The van der Waals surface area contributed by atoms with Gasteiger partial charge in [-0.1, -0.05) is 12.8 Å². The number of hydrogen-bond acceptors (Lipinski definition) is 3. The summed E-state index contributed by atoms with van der Waals surface area (Å²) in [5, 5.41) is 14.9. The Hall–Kier alpha value is -2.57. The van der Waals surface area contributed by atoms with Gasteiger partial charge in [-0.3, -0.25) is 0 Å². The summed E-state index contributed by atoms with van der Waals surface area (Å²) in [6.07, 6.45) is 4.82. The van der Waals surface area contributed by atoms with E-state index in [4.69, 9.17) is 0 Å². The van der Waals surface area contributed by atoms with Crippen molar-refractivity contribution in [3.63, 3.8) is 0 Å². The first kappa shape index (κ1) is 38.4. The van der Waals surface area contributed by atoms with Crippen molar-refractivity contribution in [2.24, 2.45) is 0 Å². The van der Waals surface area contributed by atoms with Crippen molar-refractivity contribution in [3.05, 3.63) is 151 Å². The molecular weight excluding hydrogens is 536 g/mol. The van der Waals surface area contributed by atoms with E-state index < -0.39 is 0 Å². The van der Waals surface area contributed by atoms with Crippen molar-refractivity contribution in [1.29, 1.82) is 0 Å². The molecule has 1 saturated heterocycles. The van der Waals surface area contributed by atoms with E-state index in [0.29, 0.717) is 0 Å². The van der Waals surface area contributed by atoms with Gasteiger partial charge in [0, 0.05) is 21.7 Å². The van der Waals surface area contributed by atoms with E-state index in [9.17, 15) is 0 Å². The van der Waals surface area contributed by atoms with Crippen LogP contribution < -0.4 is 16.0 Å². The SMILES string of the molecule is C1C[N-]CCCNCCCNCCCNC1.[Ti].[c-]1ccccc1.[c-]1ccccc1.[c-]1ccccc1.[c-]1ccccc1. The zero-order valence-corrected chi connectivity index (χ0v) is 26.0. The molecule has 1 heterocycles. The van der Waals surface area contributed by atoms with Crippen molar-refractivity contribution in [1.82, 2.24) is 16.0 Å². The molecule has 0 aromatic heterocycles. The van der Waals surface area contributed by atoms with Crippen LogP contribution in [0, 0.1) is 24.3 Å². The molecule has 220 valence electrons. The zero-order chi connectivity index (χ0) is 28.3. The first-order valence-corrected chi connectivity index (χ1v) is 14.4. The van der Waals surface area contributed by atoms with Crippen LogP contribution in [0.2, 0.25) is 0 Å². The predicted octanol–water partition coefficient (Wildman–Crippen LogP) is 6.65. The minimum absolute atomic E-state index is 0. The minimum atomic E-state index is 0. The van der Waals surface area contributed by atoms with Crippen LogP contribution in [0.25, 0.3) is 5.32 Å². The fourth-order valence-electron chi connectivity index (χ4n) is 3.16. The molecule has 5 rings (SSSR count). The standard InChI is InChI=1S/C12H27N4.4C6H5.Ti/c1-5-13-7-2-9-15-11-4-12-16-10-3-8-14-6-1;4*1-2-4-6-5-3-1;/h13-15H,1-12H2;4*1-5H;/q5*-1;. The molecular formula is C36H47N4Ti-5. The number of rotatable bonds is 0. The van der Waals surface area contributed by atoms with Gasteiger partial charge in [0.2, 0.25) is 0 Å². The second-order valence-electron chi connectivity index (χ2n) is 8.64. The summed E-state index contributed by atoms with van der Waals surface area (Å²) in [6.45, 7) is 8.80. The van der Waals surface area contributed by atoms with Crippen molar-refractivity contribution in [2.45, 2.75) is 25.7 Å². The number of nitrogens with zero attached hydrogens (tertiary/aromatic N) is 1. The Balaban J connectivity index is 0.000000530. The molecule has 0 radical (unpaired) electrons. The molecule has 0 aliphatic carbocycles. The van der Waals surface area contributed by atoms with Crippen molar-refractivity contribution >= 4 is 0 Å². The van der Waals surface area contributed by atoms with E-state index in [-0.39, 0.29) is 21.7 Å². The van der Waals surface area contributed by atoms with Gasteiger partial charge >= 0.3 is 0 Å². The first-order valence-electron chi connectivity index (χ1n) is 14.4. The minimum Gasteiger partial charge on any atom is -0.662 e. The molecule has 1 aliphatic heterocycles. The molecule has 4 aromatic carbocycles. The molecule has 41 heavy (non-hydrogen) atoms. The van der Waals surface area contributed by atoms with Crippen LogP contribution in [0.3, 0.4) is 0 Å². The molecule has 0 unspecified atom stereocenters. The summed E-state index contributed by atoms with van der Waals surface area (Å²) in [6, 6.07) is 50.0. The first-order chi connectivity index (χ1) is 20.0. The van der Waals surface area contributed by atoms with Crippen molar-refractivity contribution < 1.29 is 21.7 Å². The number of benzene rings is 4. The van der Waals surface area contributed by atoms with Crippen molar-refractivity contribution in [2.75, 3.05) is 52.4 Å². The third-order valence-corrected chi connectivity index (χ3v) is 5.18. The summed E-state index contributed by atoms with van der Waals surface area (Å²) in [5.41, 5.74) is 0. The van der Waals surface area contributed by atoms with E-state index in [0.717, 1.165) is 52.4 Å². The van der Waals surface area contributed by atoms with Gasteiger partial charge < -0.3 is 21.3 Å². The maximum atomic E-state index is 4.51. The molecule has 4 aromatic rings. The van der Waals surface area contributed by atoms with Crippen LogP contribution in [0.15, 0.2) is 121 Å². The van der Waals surface area contributed by atoms with E-state index >= 15 is 0 Å². The van der Waals surface area contributed by atoms with Gasteiger partial charge in [0.1, 0.15) is 0 Å². The van der Waals surface area contributed by atoms with E-state index in [1.165, 1.54) is 25.7 Å². The fraction of sp³-hybridized carbons (Fsp3) is 0.333. The summed E-state index contributed by atoms with van der Waals surface area (Å²) in [7, 11) is 0. The normalized spacial score (nSPS) is 14.0. The van der Waals surface area contributed by atoms with Gasteiger partial charge in [0.25, 0.3) is 0 Å². The van der Waals surface area contributed by atoms with Crippen LogP contribution in [-0.2, 0) is 21.7 Å². The van der Waals surface area contributed by atoms with Gasteiger partial charge in [-0.05, 0) is 52.1 Å². The monoisotopic (exact) mass is 583 g/mol. The molecule has 0 amide bonds. The molecule has 3 N–H and O–H groups in total. The summed E-state index contributed by atoms with van der Waals surface area (Å²) >= 11 is 0. The summed E-state index contributed by atoms with van der Waals surface area (Å²) < 4.78 is 0. The maximum absolute atomic E-state index is 4.51. The van der Waals surface area contributed by atoms with Crippen LogP contribution in [0.4, 0.5) is 0 Å². The Morgan fingerprint density at radius 3 is 0.780 bits per heavy atom. The topological polar surface area (TPSA) is 50.2 Å². The molecule has 0 spiro atoms. The van der Waals surface area contributed by atoms with Crippen molar-refractivity contribution in [3.8, 4) is 0 Å². The molecule has 0 saturated carbocycles. The molecule has 1 aliphatic rings. The van der Waals surface area contributed by atoms with Crippen LogP contribution in [0.1, 0.15) is 25.7 Å². The largest absolute Gasteiger partial charge is 0.662 e. The molecule has 4 nitrogen and oxygen atoms in total. The third kappa shape index (κ3) is 33.5. The average molecular weight is 584 g/mol. The van der Waals surface area contributed by atoms with Crippen LogP contribution in [-0.4, -0.2) is 52.4 Å². The van der Waals surface area contributed by atoms with Crippen LogP contribution in [0.5, 0.6) is 0 Å². The molecule has 1 fully saturated rings. The average Bonchev–Trinajstić information content (AvgIpc) is 3.06. The maximum Gasteiger partial charge on any atom is 0 e. The second kappa shape index (κ2) is 35.5. The summed E-state index contributed by atoms with van der Waals surface area (Å²) in [5.74, 6) is 0. The quantitative estimate of drug-likeness (QED) is 0.161. The van der Waals surface area contributed by atoms with Gasteiger partial charge in [-0.2, -0.15) is 146 Å².